The van der Waals surface area contributed by atoms with E-state index in [4.69, 9.17) is 0 Å². The summed E-state index contributed by atoms with van der Waals surface area (Å²) in [6.45, 7) is 0. The molecule has 0 atom stereocenters. The first-order valence-corrected chi connectivity index (χ1v) is 8.45. The van der Waals surface area contributed by atoms with Gasteiger partial charge >= 0.3 is 0 Å². The lowest BCUT2D eigenvalue weighted by molar-refractivity contribution is -0.384. The minimum atomic E-state index is -3.58. The first-order valence-electron chi connectivity index (χ1n) is 5.82. The van der Waals surface area contributed by atoms with Crippen molar-refractivity contribution in [2.45, 2.75) is 4.90 Å². The largest absolute Gasteiger partial charge is 0.270 e. The quantitative estimate of drug-likeness (QED) is 0.433. The van der Waals surface area contributed by atoms with Gasteiger partial charge in [0.05, 0.1) is 9.82 Å². The van der Waals surface area contributed by atoms with Crippen molar-refractivity contribution in [1.82, 2.24) is 0 Å². The van der Waals surface area contributed by atoms with Crippen molar-refractivity contribution in [3.63, 3.8) is 0 Å². The number of benzene rings is 2. The Kier molecular flexibility index (Phi) is 4.73. The van der Waals surface area contributed by atoms with E-state index in [1.54, 1.807) is 24.3 Å². The number of hydrogen-bond acceptors (Lipinski definition) is 4. The van der Waals surface area contributed by atoms with Crippen LogP contribution in [0, 0.1) is 10.1 Å². The maximum Gasteiger partial charge on any atom is 0.270 e. The molecule has 0 aliphatic rings. The van der Waals surface area contributed by atoms with Gasteiger partial charge in [-0.1, -0.05) is 30.3 Å². The molecule has 0 bridgehead atoms. The summed E-state index contributed by atoms with van der Waals surface area (Å²) in [5, 5.41) is 11.9. The molecule has 0 radical (unpaired) electrons. The molecule has 0 aromatic heterocycles. The van der Waals surface area contributed by atoms with E-state index in [0.717, 1.165) is 5.41 Å². The first kappa shape index (κ1) is 15.6. The van der Waals surface area contributed by atoms with Gasteiger partial charge in [0.25, 0.3) is 5.69 Å². The summed E-state index contributed by atoms with van der Waals surface area (Å²) >= 11 is 1.86. The van der Waals surface area contributed by atoms with Crippen LogP contribution in [-0.2, 0) is 9.84 Å². The molecule has 0 heterocycles. The molecule has 0 aliphatic heterocycles. The molecule has 0 aliphatic carbocycles. The molecule has 21 heavy (non-hydrogen) atoms. The Morgan fingerprint density at radius 1 is 1.10 bits per heavy atom. The fourth-order valence-electron chi connectivity index (χ4n) is 1.65. The third-order valence-electron chi connectivity index (χ3n) is 2.66. The molecule has 2 rings (SSSR count). The summed E-state index contributed by atoms with van der Waals surface area (Å²) in [5.74, 6) is 0. The minimum absolute atomic E-state index is 0.0767. The average Bonchev–Trinajstić information content (AvgIpc) is 2.48. The van der Waals surface area contributed by atoms with Crippen LogP contribution in [0.1, 0.15) is 5.56 Å². The fraction of sp³-hybridized carbons (Fsp3) is 0. The average molecular weight is 415 g/mol. The Bertz CT molecular complexity index is 801. The second kappa shape index (κ2) is 6.35. The summed E-state index contributed by atoms with van der Waals surface area (Å²) in [4.78, 5) is 10.4. The van der Waals surface area contributed by atoms with Crippen molar-refractivity contribution < 1.29 is 13.3 Å². The number of nitro benzene ring substituents is 1. The van der Waals surface area contributed by atoms with E-state index in [0.29, 0.717) is 9.14 Å². The molecule has 0 N–H and O–H groups in total. The van der Waals surface area contributed by atoms with Gasteiger partial charge in [-0.05, 0) is 40.3 Å². The van der Waals surface area contributed by atoms with Crippen LogP contribution in [0.25, 0.3) is 3.58 Å². The summed E-state index contributed by atoms with van der Waals surface area (Å²) < 4.78 is 24.9. The van der Waals surface area contributed by atoms with Gasteiger partial charge in [-0.15, -0.1) is 0 Å². The zero-order valence-corrected chi connectivity index (χ0v) is 13.6. The number of non-ortho nitro benzene ring substituents is 1. The van der Waals surface area contributed by atoms with E-state index < -0.39 is 14.8 Å². The Morgan fingerprint density at radius 2 is 1.76 bits per heavy atom. The second-order valence-corrected chi connectivity index (χ2v) is 7.09. The molecule has 7 heteroatoms. The lowest BCUT2D eigenvalue weighted by Crippen LogP contribution is -1.96. The smallest absolute Gasteiger partial charge is 0.258 e. The molecule has 0 saturated carbocycles. The number of sulfone groups is 1. The van der Waals surface area contributed by atoms with Gasteiger partial charge in [0.2, 0.25) is 9.84 Å². The number of nitrogens with zero attached hydrogens (tertiary/aromatic N) is 1. The van der Waals surface area contributed by atoms with Crippen LogP contribution >= 0.6 is 22.6 Å². The minimum Gasteiger partial charge on any atom is -0.258 e. The standard InChI is InChI=1S/C14H10INO4S/c15-14(11-5-4-6-12(9-11)16(17)18)10-21(19,20)13-7-2-1-3-8-13/h1-10H/b14-10-. The van der Waals surface area contributed by atoms with Crippen LogP contribution in [0.2, 0.25) is 0 Å². The SMILES string of the molecule is O=[N+]([O-])c1cccc(/C(I)=C/S(=O)(=O)c2ccccc2)c1. The molecule has 108 valence electrons. The van der Waals surface area contributed by atoms with Gasteiger partial charge in [-0.2, -0.15) is 0 Å². The van der Waals surface area contributed by atoms with Crippen LogP contribution in [0.5, 0.6) is 0 Å². The molecule has 0 fully saturated rings. The highest BCUT2D eigenvalue weighted by molar-refractivity contribution is 14.1. The highest BCUT2D eigenvalue weighted by atomic mass is 127. The molecule has 0 amide bonds. The maximum atomic E-state index is 12.2. The van der Waals surface area contributed by atoms with E-state index in [1.807, 2.05) is 22.6 Å². The Balaban J connectivity index is 2.42. The van der Waals surface area contributed by atoms with Crippen LogP contribution in [0.4, 0.5) is 5.69 Å². The number of rotatable bonds is 4. The highest BCUT2D eigenvalue weighted by Gasteiger charge is 2.13. The number of nitro groups is 1. The predicted octanol–water partition coefficient (Wildman–Crippen LogP) is 3.80. The van der Waals surface area contributed by atoms with Crippen LogP contribution in [0.3, 0.4) is 0 Å². The van der Waals surface area contributed by atoms with Gasteiger partial charge in [0, 0.05) is 21.1 Å². The zero-order chi connectivity index (χ0) is 15.5. The van der Waals surface area contributed by atoms with Crippen LogP contribution < -0.4 is 0 Å². The zero-order valence-electron chi connectivity index (χ0n) is 10.6. The lowest BCUT2D eigenvalue weighted by atomic mass is 10.2. The van der Waals surface area contributed by atoms with Crippen molar-refractivity contribution in [2.75, 3.05) is 0 Å². The highest BCUT2D eigenvalue weighted by Crippen LogP contribution is 2.27. The van der Waals surface area contributed by atoms with Gasteiger partial charge in [-0.3, -0.25) is 10.1 Å². The molecule has 2 aromatic carbocycles. The number of hydrogen-bond donors (Lipinski definition) is 0. The summed E-state index contributed by atoms with van der Waals surface area (Å²) in [6, 6.07) is 13.9. The molecule has 5 nitrogen and oxygen atoms in total. The van der Waals surface area contributed by atoms with E-state index in [2.05, 4.69) is 0 Å². The van der Waals surface area contributed by atoms with E-state index >= 15 is 0 Å². The molecular weight excluding hydrogens is 405 g/mol. The van der Waals surface area contributed by atoms with Crippen molar-refractivity contribution >= 4 is 41.7 Å². The van der Waals surface area contributed by atoms with Crippen LogP contribution in [0.15, 0.2) is 64.9 Å². The summed E-state index contributed by atoms with van der Waals surface area (Å²) in [7, 11) is -3.58. The van der Waals surface area contributed by atoms with E-state index in [9.17, 15) is 18.5 Å². The number of halogens is 1. The molecular formula is C14H10INO4S. The van der Waals surface area contributed by atoms with Crippen molar-refractivity contribution in [2.24, 2.45) is 0 Å². The summed E-state index contributed by atoms with van der Waals surface area (Å²) in [5.41, 5.74) is 0.413. The molecule has 0 unspecified atom stereocenters. The van der Waals surface area contributed by atoms with Gasteiger partial charge in [0.1, 0.15) is 0 Å². The Morgan fingerprint density at radius 3 is 2.38 bits per heavy atom. The van der Waals surface area contributed by atoms with E-state index in [-0.39, 0.29) is 10.6 Å². The fourth-order valence-corrected chi connectivity index (χ4v) is 4.07. The second-order valence-electron chi connectivity index (χ2n) is 4.13. The van der Waals surface area contributed by atoms with Gasteiger partial charge in [-0.25, -0.2) is 8.42 Å². The monoisotopic (exact) mass is 415 g/mol. The van der Waals surface area contributed by atoms with Gasteiger partial charge in [0.15, 0.2) is 0 Å². The Hall–Kier alpha value is -1.74. The third-order valence-corrected chi connectivity index (χ3v) is 5.50. The molecule has 2 aromatic rings. The van der Waals surface area contributed by atoms with Crippen molar-refractivity contribution in [1.29, 1.82) is 0 Å². The van der Waals surface area contributed by atoms with Gasteiger partial charge < -0.3 is 0 Å². The van der Waals surface area contributed by atoms with Crippen molar-refractivity contribution in [3.05, 3.63) is 75.7 Å². The third kappa shape index (κ3) is 3.88. The predicted molar refractivity (Wildman–Crippen MR) is 88.7 cm³/mol. The topological polar surface area (TPSA) is 77.3 Å². The lowest BCUT2D eigenvalue weighted by Gasteiger charge is -2.02. The normalized spacial score (nSPS) is 12.1. The molecule has 0 saturated heterocycles. The summed E-state index contributed by atoms with van der Waals surface area (Å²) in [6.07, 6.45) is 0. The van der Waals surface area contributed by atoms with E-state index in [1.165, 1.54) is 30.3 Å². The molecule has 0 spiro atoms. The van der Waals surface area contributed by atoms with Crippen LogP contribution in [-0.4, -0.2) is 13.3 Å². The van der Waals surface area contributed by atoms with Crippen molar-refractivity contribution in [3.8, 4) is 0 Å². The Labute approximate surface area is 135 Å². The first-order chi connectivity index (χ1) is 9.90. The maximum absolute atomic E-state index is 12.2.